The van der Waals surface area contributed by atoms with Crippen molar-refractivity contribution < 1.29 is 18.0 Å². The normalized spacial score (nSPS) is 11.4. The van der Waals surface area contributed by atoms with E-state index in [0.717, 1.165) is 23.3 Å². The summed E-state index contributed by atoms with van der Waals surface area (Å²) < 4.78 is 37.3. The van der Waals surface area contributed by atoms with Gasteiger partial charge in [0.1, 0.15) is 0 Å². The van der Waals surface area contributed by atoms with Crippen molar-refractivity contribution in [2.75, 3.05) is 0 Å². The number of rotatable bonds is 4. The van der Waals surface area contributed by atoms with Gasteiger partial charge in [-0.15, -0.1) is 0 Å². The first kappa shape index (κ1) is 15.3. The smallest absolute Gasteiger partial charge is 0.294 e. The van der Waals surface area contributed by atoms with E-state index < -0.39 is 11.7 Å². The van der Waals surface area contributed by atoms with E-state index >= 15 is 0 Å². The second kappa shape index (κ2) is 6.12. The lowest BCUT2D eigenvalue weighted by atomic mass is 10.0. The lowest BCUT2D eigenvalue weighted by Gasteiger charge is -2.07. The number of hydrogen-bond acceptors (Lipinski definition) is 1. The maximum atomic E-state index is 12.4. The average molecular weight is 292 g/mol. The van der Waals surface area contributed by atoms with Crippen molar-refractivity contribution in [3.05, 3.63) is 70.8 Å². The minimum absolute atomic E-state index is 0.00130. The summed E-state index contributed by atoms with van der Waals surface area (Å²) in [5.74, 6) is -0.00130. The predicted molar refractivity (Wildman–Crippen MR) is 75.3 cm³/mol. The Balaban J connectivity index is 1.98. The SMILES string of the molecule is Cc1cccc(C(=O)CCc2ccc(C(F)(F)F)cc2)c1. The van der Waals surface area contributed by atoms with Crippen LogP contribution < -0.4 is 0 Å². The molecule has 0 saturated heterocycles. The van der Waals surface area contributed by atoms with Gasteiger partial charge in [-0.05, 0) is 37.1 Å². The Morgan fingerprint density at radius 1 is 1.05 bits per heavy atom. The number of carbonyl (C=O) groups is 1. The average Bonchev–Trinajstić information content (AvgIpc) is 2.44. The van der Waals surface area contributed by atoms with Crippen LogP contribution in [0.3, 0.4) is 0 Å². The Hall–Kier alpha value is -2.10. The van der Waals surface area contributed by atoms with Gasteiger partial charge >= 0.3 is 6.18 Å². The zero-order chi connectivity index (χ0) is 15.5. The van der Waals surface area contributed by atoms with Crippen LogP contribution in [0, 0.1) is 6.92 Å². The van der Waals surface area contributed by atoms with Gasteiger partial charge in [-0.1, -0.05) is 35.9 Å². The molecular formula is C17H15F3O. The molecular weight excluding hydrogens is 277 g/mol. The van der Waals surface area contributed by atoms with Crippen molar-refractivity contribution in [2.45, 2.75) is 25.9 Å². The molecule has 0 saturated carbocycles. The molecule has 2 rings (SSSR count). The van der Waals surface area contributed by atoms with Crippen LogP contribution in [0.2, 0.25) is 0 Å². The fourth-order valence-corrected chi connectivity index (χ4v) is 2.08. The first-order valence-electron chi connectivity index (χ1n) is 6.62. The van der Waals surface area contributed by atoms with Crippen LogP contribution in [-0.2, 0) is 12.6 Å². The van der Waals surface area contributed by atoms with E-state index in [1.807, 2.05) is 25.1 Å². The number of hydrogen-bond donors (Lipinski definition) is 0. The van der Waals surface area contributed by atoms with Crippen molar-refractivity contribution in [3.63, 3.8) is 0 Å². The maximum Gasteiger partial charge on any atom is 0.416 e. The third kappa shape index (κ3) is 4.18. The first-order chi connectivity index (χ1) is 9.86. The minimum Gasteiger partial charge on any atom is -0.294 e. The van der Waals surface area contributed by atoms with E-state index in [4.69, 9.17) is 0 Å². The van der Waals surface area contributed by atoms with Crippen molar-refractivity contribution >= 4 is 5.78 Å². The highest BCUT2D eigenvalue weighted by atomic mass is 19.4. The standard InChI is InChI=1S/C17H15F3O/c1-12-3-2-4-14(11-12)16(21)10-7-13-5-8-15(9-6-13)17(18,19)20/h2-6,8-9,11H,7,10H2,1H3. The van der Waals surface area contributed by atoms with Crippen molar-refractivity contribution in [3.8, 4) is 0 Å². The van der Waals surface area contributed by atoms with E-state index in [-0.39, 0.29) is 12.2 Å². The number of benzene rings is 2. The molecule has 0 fully saturated rings. The lowest BCUT2D eigenvalue weighted by Crippen LogP contribution is -2.05. The Bertz CT molecular complexity index is 627. The molecule has 21 heavy (non-hydrogen) atoms. The zero-order valence-electron chi connectivity index (χ0n) is 11.6. The molecule has 0 spiro atoms. The zero-order valence-corrected chi connectivity index (χ0v) is 11.6. The van der Waals surface area contributed by atoms with Gasteiger partial charge in [0.15, 0.2) is 5.78 Å². The van der Waals surface area contributed by atoms with Crippen LogP contribution in [0.15, 0.2) is 48.5 Å². The molecule has 0 heterocycles. The van der Waals surface area contributed by atoms with Gasteiger partial charge in [-0.25, -0.2) is 0 Å². The van der Waals surface area contributed by atoms with E-state index in [2.05, 4.69) is 0 Å². The monoisotopic (exact) mass is 292 g/mol. The van der Waals surface area contributed by atoms with Gasteiger partial charge in [0.05, 0.1) is 5.56 Å². The molecule has 2 aromatic rings. The highest BCUT2D eigenvalue weighted by Crippen LogP contribution is 2.29. The fraction of sp³-hybridized carbons (Fsp3) is 0.235. The van der Waals surface area contributed by atoms with Gasteiger partial charge in [0, 0.05) is 12.0 Å². The highest BCUT2D eigenvalue weighted by molar-refractivity contribution is 5.96. The molecule has 0 radical (unpaired) electrons. The second-order valence-corrected chi connectivity index (χ2v) is 4.99. The van der Waals surface area contributed by atoms with Gasteiger partial charge in [-0.2, -0.15) is 13.2 Å². The van der Waals surface area contributed by atoms with Crippen LogP contribution in [0.5, 0.6) is 0 Å². The van der Waals surface area contributed by atoms with Crippen LogP contribution in [0.1, 0.15) is 33.5 Å². The minimum atomic E-state index is -4.32. The second-order valence-electron chi connectivity index (χ2n) is 4.99. The van der Waals surface area contributed by atoms with Gasteiger partial charge in [0.2, 0.25) is 0 Å². The van der Waals surface area contributed by atoms with E-state index in [1.54, 1.807) is 6.07 Å². The van der Waals surface area contributed by atoms with Crippen LogP contribution >= 0.6 is 0 Å². The largest absolute Gasteiger partial charge is 0.416 e. The molecule has 0 bridgehead atoms. The van der Waals surface area contributed by atoms with Crippen molar-refractivity contribution in [1.82, 2.24) is 0 Å². The highest BCUT2D eigenvalue weighted by Gasteiger charge is 2.29. The third-order valence-corrected chi connectivity index (χ3v) is 3.26. The number of alkyl halides is 3. The summed E-state index contributed by atoms with van der Waals surface area (Å²) in [7, 11) is 0. The summed E-state index contributed by atoms with van der Waals surface area (Å²) in [5.41, 5.74) is 1.71. The van der Waals surface area contributed by atoms with Gasteiger partial charge < -0.3 is 0 Å². The number of halogens is 3. The molecule has 0 atom stereocenters. The maximum absolute atomic E-state index is 12.4. The Kier molecular flexibility index (Phi) is 4.46. The third-order valence-electron chi connectivity index (χ3n) is 3.26. The Labute approximate surface area is 121 Å². The van der Waals surface area contributed by atoms with Crippen LogP contribution in [0.4, 0.5) is 13.2 Å². The molecule has 0 aliphatic rings. The number of ketones is 1. The first-order valence-corrected chi connectivity index (χ1v) is 6.62. The molecule has 0 unspecified atom stereocenters. The van der Waals surface area contributed by atoms with Gasteiger partial charge in [0.25, 0.3) is 0 Å². The molecule has 0 amide bonds. The molecule has 2 aromatic carbocycles. The quantitative estimate of drug-likeness (QED) is 0.738. The number of carbonyl (C=O) groups excluding carboxylic acids is 1. The number of aryl methyl sites for hydroxylation is 2. The molecule has 0 aliphatic carbocycles. The summed E-state index contributed by atoms with van der Waals surface area (Å²) in [5, 5.41) is 0. The molecule has 1 nitrogen and oxygen atoms in total. The summed E-state index contributed by atoms with van der Waals surface area (Å²) in [6, 6.07) is 12.2. The van der Waals surface area contributed by atoms with E-state index in [0.29, 0.717) is 12.0 Å². The molecule has 0 aliphatic heterocycles. The lowest BCUT2D eigenvalue weighted by molar-refractivity contribution is -0.137. The molecule has 110 valence electrons. The summed E-state index contributed by atoms with van der Waals surface area (Å²) >= 11 is 0. The van der Waals surface area contributed by atoms with E-state index in [1.165, 1.54) is 12.1 Å². The van der Waals surface area contributed by atoms with E-state index in [9.17, 15) is 18.0 Å². The summed E-state index contributed by atoms with van der Waals surface area (Å²) in [4.78, 5) is 12.0. The predicted octanol–water partition coefficient (Wildman–Crippen LogP) is 4.83. The Morgan fingerprint density at radius 3 is 2.29 bits per heavy atom. The molecule has 0 aromatic heterocycles. The summed E-state index contributed by atoms with van der Waals surface area (Å²) in [6.45, 7) is 1.91. The number of Topliss-reactive ketones (excluding diaryl/α,β-unsaturated/α-hetero) is 1. The molecule has 4 heteroatoms. The van der Waals surface area contributed by atoms with Crippen molar-refractivity contribution in [1.29, 1.82) is 0 Å². The van der Waals surface area contributed by atoms with Crippen LogP contribution in [-0.4, -0.2) is 5.78 Å². The summed E-state index contributed by atoms with van der Waals surface area (Å²) in [6.07, 6.45) is -3.60. The fourth-order valence-electron chi connectivity index (χ4n) is 2.08. The topological polar surface area (TPSA) is 17.1 Å². The van der Waals surface area contributed by atoms with Crippen molar-refractivity contribution in [2.24, 2.45) is 0 Å². The Morgan fingerprint density at radius 2 is 1.71 bits per heavy atom. The van der Waals surface area contributed by atoms with Crippen LogP contribution in [0.25, 0.3) is 0 Å². The van der Waals surface area contributed by atoms with Gasteiger partial charge in [-0.3, -0.25) is 4.79 Å². The molecule has 0 N–H and O–H groups in total.